The fraction of sp³-hybridized carbons (Fsp3) is 0.364. The van der Waals surface area contributed by atoms with E-state index in [0.717, 1.165) is 29.0 Å². The molecule has 3 heterocycles. The minimum absolute atomic E-state index is 0.0645. The quantitative estimate of drug-likeness (QED) is 0.381. The second-order valence-corrected chi connectivity index (χ2v) is 9.95. The molecule has 1 aromatic carbocycles. The maximum Gasteiger partial charge on any atom is 0.258 e. The molecule has 0 saturated carbocycles. The van der Waals surface area contributed by atoms with Gasteiger partial charge >= 0.3 is 0 Å². The number of hydrogen-bond acceptors (Lipinski definition) is 7. The first-order valence-electron chi connectivity index (χ1n) is 10.1. The third kappa shape index (κ3) is 4.83. The van der Waals surface area contributed by atoms with Crippen LogP contribution in [-0.2, 0) is 24.3 Å². The maximum atomic E-state index is 12.2. The van der Waals surface area contributed by atoms with Gasteiger partial charge in [0, 0.05) is 29.9 Å². The van der Waals surface area contributed by atoms with Gasteiger partial charge in [-0.1, -0.05) is 44.7 Å². The Morgan fingerprint density at radius 3 is 2.65 bits per heavy atom. The Hall–Kier alpha value is -2.65. The van der Waals surface area contributed by atoms with Crippen LogP contribution in [0.1, 0.15) is 44.8 Å². The Bertz CT molecular complexity index is 1240. The zero-order valence-corrected chi connectivity index (χ0v) is 19.7. The van der Waals surface area contributed by atoms with E-state index in [2.05, 4.69) is 55.0 Å². The summed E-state index contributed by atoms with van der Waals surface area (Å²) >= 11 is 2.97. The molecule has 31 heavy (non-hydrogen) atoms. The summed E-state index contributed by atoms with van der Waals surface area (Å²) in [7, 11) is 0. The van der Waals surface area contributed by atoms with Gasteiger partial charge in [0.25, 0.3) is 5.56 Å². The van der Waals surface area contributed by atoms with Gasteiger partial charge in [0.2, 0.25) is 0 Å². The fourth-order valence-electron chi connectivity index (χ4n) is 3.15. The Morgan fingerprint density at radius 1 is 1.16 bits per heavy atom. The van der Waals surface area contributed by atoms with Crippen LogP contribution in [0.3, 0.4) is 0 Å². The standard InChI is InChI=1S/C22H25N5O2S2/c1-5-26-18(13-29-17-8-6-15(7-9-17)22(2,3)4)24-25-21(26)31-14-16-12-19(28)27-10-11-30-20(27)23-16/h6-12H,5,13-14H2,1-4H3. The summed E-state index contributed by atoms with van der Waals surface area (Å²) in [5.41, 5.74) is 2.05. The van der Waals surface area contributed by atoms with Crippen LogP contribution < -0.4 is 10.3 Å². The highest BCUT2D eigenvalue weighted by atomic mass is 32.2. The highest BCUT2D eigenvalue weighted by Crippen LogP contribution is 2.25. The Morgan fingerprint density at radius 2 is 1.94 bits per heavy atom. The molecule has 0 radical (unpaired) electrons. The summed E-state index contributed by atoms with van der Waals surface area (Å²) in [6.45, 7) is 9.70. The first-order valence-corrected chi connectivity index (χ1v) is 12.0. The van der Waals surface area contributed by atoms with Gasteiger partial charge < -0.3 is 9.30 Å². The normalized spacial score (nSPS) is 11.9. The number of thiazole rings is 1. The molecular formula is C22H25N5O2S2. The van der Waals surface area contributed by atoms with Gasteiger partial charge in [0.05, 0.1) is 5.69 Å². The zero-order chi connectivity index (χ0) is 22.0. The first-order chi connectivity index (χ1) is 14.8. The van der Waals surface area contributed by atoms with Crippen LogP contribution in [0, 0.1) is 0 Å². The summed E-state index contributed by atoms with van der Waals surface area (Å²) in [5.74, 6) is 2.13. The molecule has 0 spiro atoms. The summed E-state index contributed by atoms with van der Waals surface area (Å²) in [5, 5.41) is 11.3. The van der Waals surface area contributed by atoms with Crippen molar-refractivity contribution in [1.82, 2.24) is 24.1 Å². The van der Waals surface area contributed by atoms with Crippen LogP contribution in [0.4, 0.5) is 0 Å². The second-order valence-electron chi connectivity index (χ2n) is 8.14. The van der Waals surface area contributed by atoms with Crippen molar-refractivity contribution in [3.05, 3.63) is 69.3 Å². The number of rotatable bonds is 7. The lowest BCUT2D eigenvalue weighted by Crippen LogP contribution is -2.12. The predicted octanol–water partition coefficient (Wildman–Crippen LogP) is 4.54. The van der Waals surface area contributed by atoms with Crippen LogP contribution in [0.25, 0.3) is 4.96 Å². The topological polar surface area (TPSA) is 74.3 Å². The van der Waals surface area contributed by atoms with E-state index in [1.807, 2.05) is 22.1 Å². The molecule has 0 fully saturated rings. The number of thioether (sulfide) groups is 1. The second kappa shape index (κ2) is 8.84. The lowest BCUT2D eigenvalue weighted by molar-refractivity contribution is 0.288. The molecule has 0 amide bonds. The van der Waals surface area contributed by atoms with Gasteiger partial charge in [-0.05, 0) is 30.0 Å². The van der Waals surface area contributed by atoms with E-state index >= 15 is 0 Å². The summed E-state index contributed by atoms with van der Waals surface area (Å²) in [4.78, 5) is 17.4. The molecule has 7 nitrogen and oxygen atoms in total. The van der Waals surface area contributed by atoms with E-state index in [1.165, 1.54) is 28.7 Å². The van der Waals surface area contributed by atoms with Crippen molar-refractivity contribution in [2.24, 2.45) is 0 Å². The van der Waals surface area contributed by atoms with Gasteiger partial charge in [0.1, 0.15) is 12.4 Å². The lowest BCUT2D eigenvalue weighted by atomic mass is 9.87. The predicted molar refractivity (Wildman–Crippen MR) is 124 cm³/mol. The average Bonchev–Trinajstić information content (AvgIpc) is 3.37. The molecule has 4 aromatic rings. The first kappa shape index (κ1) is 21.6. The van der Waals surface area contributed by atoms with E-state index in [0.29, 0.717) is 17.3 Å². The Labute approximate surface area is 189 Å². The van der Waals surface area contributed by atoms with Crippen LogP contribution >= 0.6 is 23.1 Å². The summed E-state index contributed by atoms with van der Waals surface area (Å²) in [6, 6.07) is 9.76. The Kier molecular flexibility index (Phi) is 6.15. The SMILES string of the molecule is CCn1c(COc2ccc(C(C)(C)C)cc2)nnc1SCc1cc(=O)n2ccsc2n1. The summed E-state index contributed by atoms with van der Waals surface area (Å²) in [6.07, 6.45) is 1.74. The minimum Gasteiger partial charge on any atom is -0.486 e. The van der Waals surface area contributed by atoms with E-state index in [-0.39, 0.29) is 11.0 Å². The number of benzene rings is 1. The van der Waals surface area contributed by atoms with Crippen molar-refractivity contribution in [1.29, 1.82) is 0 Å². The van der Waals surface area contributed by atoms with Gasteiger partial charge in [-0.2, -0.15) is 0 Å². The van der Waals surface area contributed by atoms with Gasteiger partial charge in [-0.3, -0.25) is 9.20 Å². The summed E-state index contributed by atoms with van der Waals surface area (Å²) < 4.78 is 9.53. The highest BCUT2D eigenvalue weighted by Gasteiger charge is 2.15. The minimum atomic E-state index is -0.0645. The van der Waals surface area contributed by atoms with Gasteiger partial charge in [-0.15, -0.1) is 21.5 Å². The molecule has 4 rings (SSSR count). The largest absolute Gasteiger partial charge is 0.486 e. The number of hydrogen-bond donors (Lipinski definition) is 0. The fourth-order valence-corrected chi connectivity index (χ4v) is 4.80. The van der Waals surface area contributed by atoms with Crippen LogP contribution in [0.5, 0.6) is 5.75 Å². The third-order valence-corrected chi connectivity index (χ3v) is 6.66. The number of nitrogens with zero attached hydrogens (tertiary/aromatic N) is 5. The van der Waals surface area contributed by atoms with Crippen LogP contribution in [-0.4, -0.2) is 24.1 Å². The highest BCUT2D eigenvalue weighted by molar-refractivity contribution is 7.98. The monoisotopic (exact) mass is 455 g/mol. The molecule has 0 aliphatic heterocycles. The molecule has 0 saturated heterocycles. The van der Waals surface area contributed by atoms with Crippen LogP contribution in [0.2, 0.25) is 0 Å². The molecule has 0 atom stereocenters. The molecular weight excluding hydrogens is 430 g/mol. The number of fused-ring (bicyclic) bond motifs is 1. The van der Waals surface area contributed by atoms with Crippen molar-refractivity contribution in [2.45, 2.75) is 57.2 Å². The molecule has 0 aliphatic rings. The van der Waals surface area contributed by atoms with Crippen molar-refractivity contribution in [3.63, 3.8) is 0 Å². The van der Waals surface area contributed by atoms with E-state index in [1.54, 1.807) is 16.7 Å². The maximum absolute atomic E-state index is 12.2. The molecule has 0 aliphatic carbocycles. The van der Waals surface area contributed by atoms with Crippen LogP contribution in [0.15, 0.2) is 51.9 Å². The van der Waals surface area contributed by atoms with E-state index in [4.69, 9.17) is 4.74 Å². The molecule has 3 aromatic heterocycles. The van der Waals surface area contributed by atoms with Gasteiger partial charge in [-0.25, -0.2) is 4.98 Å². The van der Waals surface area contributed by atoms with Crippen molar-refractivity contribution >= 4 is 28.1 Å². The van der Waals surface area contributed by atoms with Crippen molar-refractivity contribution < 1.29 is 4.74 Å². The third-order valence-electron chi connectivity index (χ3n) is 4.90. The molecule has 162 valence electrons. The number of ether oxygens (including phenoxy) is 1. The zero-order valence-electron chi connectivity index (χ0n) is 18.0. The van der Waals surface area contributed by atoms with E-state index < -0.39 is 0 Å². The Balaban J connectivity index is 1.42. The molecule has 0 N–H and O–H groups in total. The molecule has 0 bridgehead atoms. The van der Waals surface area contributed by atoms with Gasteiger partial charge in [0.15, 0.2) is 15.9 Å². The molecule has 0 unspecified atom stereocenters. The lowest BCUT2D eigenvalue weighted by Gasteiger charge is -2.19. The smallest absolute Gasteiger partial charge is 0.258 e. The molecule has 9 heteroatoms. The van der Waals surface area contributed by atoms with Crippen molar-refractivity contribution in [3.8, 4) is 5.75 Å². The van der Waals surface area contributed by atoms with E-state index in [9.17, 15) is 4.79 Å². The average molecular weight is 456 g/mol. The number of aromatic nitrogens is 5. The van der Waals surface area contributed by atoms with Crippen molar-refractivity contribution in [2.75, 3.05) is 0 Å².